The van der Waals surface area contributed by atoms with Crippen LogP contribution in [-0.2, 0) is 28.6 Å². The standard InChI is InChI=1S/C57H110O6/c1-6-7-8-9-10-11-12-13-14-15-19-22-25-28-31-37-42-47-55(58)61-50-54(63-57(60)49-44-39-34-33-36-41-46-53(4)5)51-62-56(59)48-43-38-32-29-26-23-20-17-16-18-21-24-27-30-35-40-45-52(2)3/h52-54H,6-51H2,1-5H3/t54-/m0/s1. The van der Waals surface area contributed by atoms with Crippen molar-refractivity contribution in [2.24, 2.45) is 11.8 Å². The minimum Gasteiger partial charge on any atom is -0.462 e. The average Bonchev–Trinajstić information content (AvgIpc) is 3.25. The van der Waals surface area contributed by atoms with Crippen molar-refractivity contribution in [2.75, 3.05) is 13.2 Å². The molecule has 0 bridgehead atoms. The normalized spacial score (nSPS) is 12.0. The summed E-state index contributed by atoms with van der Waals surface area (Å²) >= 11 is 0. The summed E-state index contributed by atoms with van der Waals surface area (Å²) in [7, 11) is 0. The van der Waals surface area contributed by atoms with Crippen LogP contribution in [0.25, 0.3) is 0 Å². The van der Waals surface area contributed by atoms with Crippen LogP contribution in [-0.4, -0.2) is 37.2 Å². The minimum atomic E-state index is -0.763. The largest absolute Gasteiger partial charge is 0.462 e. The van der Waals surface area contributed by atoms with Gasteiger partial charge in [-0.3, -0.25) is 14.4 Å². The van der Waals surface area contributed by atoms with Gasteiger partial charge in [0.05, 0.1) is 0 Å². The summed E-state index contributed by atoms with van der Waals surface area (Å²) in [5.41, 5.74) is 0. The van der Waals surface area contributed by atoms with Gasteiger partial charge in [0.1, 0.15) is 13.2 Å². The van der Waals surface area contributed by atoms with Gasteiger partial charge in [-0.15, -0.1) is 0 Å². The van der Waals surface area contributed by atoms with E-state index in [2.05, 4.69) is 34.6 Å². The number of unbranched alkanes of at least 4 members (excludes halogenated alkanes) is 36. The highest BCUT2D eigenvalue weighted by Gasteiger charge is 2.19. The number of carbonyl (C=O) groups is 3. The Morgan fingerprint density at radius 3 is 0.778 bits per heavy atom. The molecular weight excluding hydrogens is 781 g/mol. The molecule has 0 spiro atoms. The molecule has 0 heterocycles. The zero-order valence-corrected chi connectivity index (χ0v) is 43.2. The number of hydrogen-bond donors (Lipinski definition) is 0. The second-order valence-corrected chi connectivity index (χ2v) is 20.5. The SMILES string of the molecule is CCCCCCCCCCCCCCCCCCCC(=O)OC[C@@H](COC(=O)CCCCCCCCCCCCCCCCCCC(C)C)OC(=O)CCCCCCCCC(C)C. The Morgan fingerprint density at radius 2 is 0.524 bits per heavy atom. The Bertz CT molecular complexity index is 962. The molecule has 6 heteroatoms. The summed E-state index contributed by atoms with van der Waals surface area (Å²) in [5, 5.41) is 0. The summed E-state index contributed by atoms with van der Waals surface area (Å²) in [6.45, 7) is 11.3. The molecule has 0 unspecified atom stereocenters. The van der Waals surface area contributed by atoms with Crippen LogP contribution >= 0.6 is 0 Å². The first kappa shape index (κ1) is 61.4. The molecule has 6 nitrogen and oxygen atoms in total. The van der Waals surface area contributed by atoms with Crippen LogP contribution in [0.5, 0.6) is 0 Å². The first-order valence-electron chi connectivity index (χ1n) is 28.2. The highest BCUT2D eigenvalue weighted by molar-refractivity contribution is 5.71. The molecule has 0 saturated heterocycles. The summed E-state index contributed by atoms with van der Waals surface area (Å²) in [6.07, 6.45) is 52.6. The van der Waals surface area contributed by atoms with E-state index in [1.54, 1.807) is 0 Å². The molecule has 0 radical (unpaired) electrons. The second kappa shape index (κ2) is 49.8. The molecule has 0 rings (SSSR count). The minimum absolute atomic E-state index is 0.0641. The third kappa shape index (κ3) is 51.3. The van der Waals surface area contributed by atoms with Crippen molar-refractivity contribution >= 4 is 17.9 Å². The Labute approximate surface area is 393 Å². The Kier molecular flexibility index (Phi) is 48.6. The molecule has 1 atom stereocenters. The van der Waals surface area contributed by atoms with Gasteiger partial charge < -0.3 is 14.2 Å². The van der Waals surface area contributed by atoms with Gasteiger partial charge in [-0.1, -0.05) is 279 Å². The number of rotatable bonds is 51. The van der Waals surface area contributed by atoms with E-state index in [0.717, 1.165) is 69.6 Å². The third-order valence-electron chi connectivity index (χ3n) is 13.0. The molecule has 0 aromatic carbocycles. The van der Waals surface area contributed by atoms with Crippen LogP contribution in [0.15, 0.2) is 0 Å². The number of hydrogen-bond acceptors (Lipinski definition) is 6. The van der Waals surface area contributed by atoms with Gasteiger partial charge in [-0.25, -0.2) is 0 Å². The maximum Gasteiger partial charge on any atom is 0.306 e. The highest BCUT2D eigenvalue weighted by atomic mass is 16.6. The maximum atomic E-state index is 12.8. The molecule has 0 N–H and O–H groups in total. The van der Waals surface area contributed by atoms with E-state index >= 15 is 0 Å². The first-order chi connectivity index (χ1) is 30.7. The third-order valence-corrected chi connectivity index (χ3v) is 13.0. The fourth-order valence-corrected chi connectivity index (χ4v) is 8.70. The molecule has 0 aromatic rings. The predicted molar refractivity (Wildman–Crippen MR) is 270 cm³/mol. The summed E-state index contributed by atoms with van der Waals surface area (Å²) < 4.78 is 16.8. The van der Waals surface area contributed by atoms with E-state index in [-0.39, 0.29) is 31.1 Å². The Morgan fingerprint density at radius 1 is 0.302 bits per heavy atom. The smallest absolute Gasteiger partial charge is 0.306 e. The van der Waals surface area contributed by atoms with Gasteiger partial charge >= 0.3 is 17.9 Å². The Hall–Kier alpha value is -1.59. The lowest BCUT2D eigenvalue weighted by Gasteiger charge is -2.18. The van der Waals surface area contributed by atoms with Crippen LogP contribution in [0, 0.1) is 11.8 Å². The lowest BCUT2D eigenvalue weighted by molar-refractivity contribution is -0.167. The van der Waals surface area contributed by atoms with E-state index in [1.807, 2.05) is 0 Å². The van der Waals surface area contributed by atoms with E-state index in [4.69, 9.17) is 14.2 Å². The van der Waals surface area contributed by atoms with Crippen molar-refractivity contribution in [2.45, 2.75) is 323 Å². The summed E-state index contributed by atoms with van der Waals surface area (Å²) in [4.78, 5) is 38.0. The van der Waals surface area contributed by atoms with Gasteiger partial charge in [-0.05, 0) is 31.1 Å². The molecule has 374 valence electrons. The lowest BCUT2D eigenvalue weighted by Crippen LogP contribution is -2.30. The lowest BCUT2D eigenvalue weighted by atomic mass is 10.0. The van der Waals surface area contributed by atoms with E-state index in [0.29, 0.717) is 19.3 Å². The molecule has 63 heavy (non-hydrogen) atoms. The van der Waals surface area contributed by atoms with Crippen LogP contribution in [0.2, 0.25) is 0 Å². The summed E-state index contributed by atoms with van der Waals surface area (Å²) in [5.74, 6) is 0.764. The summed E-state index contributed by atoms with van der Waals surface area (Å²) in [6, 6.07) is 0. The van der Waals surface area contributed by atoms with Gasteiger partial charge in [0, 0.05) is 19.3 Å². The Balaban J connectivity index is 4.18. The number of ether oxygens (including phenoxy) is 3. The van der Waals surface area contributed by atoms with Crippen LogP contribution in [0.4, 0.5) is 0 Å². The fourth-order valence-electron chi connectivity index (χ4n) is 8.70. The van der Waals surface area contributed by atoms with Crippen molar-refractivity contribution in [3.63, 3.8) is 0 Å². The van der Waals surface area contributed by atoms with Gasteiger partial charge in [0.2, 0.25) is 0 Å². The van der Waals surface area contributed by atoms with Crippen LogP contribution in [0.3, 0.4) is 0 Å². The highest BCUT2D eigenvalue weighted by Crippen LogP contribution is 2.18. The quantitative estimate of drug-likeness (QED) is 0.0344. The van der Waals surface area contributed by atoms with Gasteiger partial charge in [0.25, 0.3) is 0 Å². The molecule has 0 amide bonds. The van der Waals surface area contributed by atoms with E-state index in [9.17, 15) is 14.4 Å². The zero-order valence-electron chi connectivity index (χ0n) is 43.2. The van der Waals surface area contributed by atoms with Gasteiger partial charge in [-0.2, -0.15) is 0 Å². The molecular formula is C57H110O6. The maximum absolute atomic E-state index is 12.8. The first-order valence-corrected chi connectivity index (χ1v) is 28.2. The molecule has 0 aliphatic carbocycles. The molecule has 0 aliphatic rings. The topological polar surface area (TPSA) is 78.9 Å². The second-order valence-electron chi connectivity index (χ2n) is 20.5. The number of esters is 3. The van der Waals surface area contributed by atoms with Gasteiger partial charge in [0.15, 0.2) is 6.10 Å². The zero-order chi connectivity index (χ0) is 46.1. The molecule has 0 aromatic heterocycles. The molecule has 0 fully saturated rings. The number of carbonyl (C=O) groups excluding carboxylic acids is 3. The van der Waals surface area contributed by atoms with E-state index in [1.165, 1.54) is 205 Å². The molecule has 0 aliphatic heterocycles. The van der Waals surface area contributed by atoms with Crippen molar-refractivity contribution < 1.29 is 28.6 Å². The fraction of sp³-hybridized carbons (Fsp3) is 0.947. The predicted octanol–water partition coefficient (Wildman–Crippen LogP) is 18.5. The monoisotopic (exact) mass is 891 g/mol. The van der Waals surface area contributed by atoms with Crippen LogP contribution in [0.1, 0.15) is 317 Å². The van der Waals surface area contributed by atoms with Crippen molar-refractivity contribution in [1.82, 2.24) is 0 Å². The van der Waals surface area contributed by atoms with Crippen molar-refractivity contribution in [3.8, 4) is 0 Å². The van der Waals surface area contributed by atoms with E-state index < -0.39 is 6.10 Å². The average molecular weight is 892 g/mol. The van der Waals surface area contributed by atoms with Crippen molar-refractivity contribution in [3.05, 3.63) is 0 Å². The van der Waals surface area contributed by atoms with Crippen LogP contribution < -0.4 is 0 Å². The molecule has 0 saturated carbocycles. The van der Waals surface area contributed by atoms with Crippen molar-refractivity contribution in [1.29, 1.82) is 0 Å².